The number of urea groups is 1. The standard InChI is InChI=1S/C21H27N5O/c1-24(2)20-17(8-5-10-22-20)14-23-21(27)25-11-6-12-26-18(15-25)13-16-7-3-4-9-19(16)26/h3-5,7-10,18H,6,11-15H2,1-2H3,(H,23,27). The summed E-state index contributed by atoms with van der Waals surface area (Å²) in [5.74, 6) is 0.895. The number of rotatable bonds is 3. The van der Waals surface area contributed by atoms with Crippen LogP contribution in [0.2, 0.25) is 0 Å². The Morgan fingerprint density at radius 1 is 1.22 bits per heavy atom. The Morgan fingerprint density at radius 2 is 2.07 bits per heavy atom. The second-order valence-electron chi connectivity index (χ2n) is 7.52. The first-order valence-electron chi connectivity index (χ1n) is 9.62. The summed E-state index contributed by atoms with van der Waals surface area (Å²) in [6.45, 7) is 3.08. The lowest BCUT2D eigenvalue weighted by Crippen LogP contribution is -2.45. The number of carbonyl (C=O) groups is 1. The number of fused-ring (bicyclic) bond motifs is 3. The molecule has 1 fully saturated rings. The van der Waals surface area contributed by atoms with Gasteiger partial charge in [-0.2, -0.15) is 0 Å². The molecule has 1 saturated heterocycles. The molecule has 4 rings (SSSR count). The van der Waals surface area contributed by atoms with Crippen molar-refractivity contribution in [3.63, 3.8) is 0 Å². The lowest BCUT2D eigenvalue weighted by Gasteiger charge is -2.27. The minimum atomic E-state index is 0.0152. The first-order chi connectivity index (χ1) is 13.1. The Morgan fingerprint density at radius 3 is 2.93 bits per heavy atom. The van der Waals surface area contributed by atoms with Gasteiger partial charge in [0, 0.05) is 57.7 Å². The van der Waals surface area contributed by atoms with Crippen molar-refractivity contribution in [3.05, 3.63) is 53.7 Å². The van der Waals surface area contributed by atoms with E-state index in [4.69, 9.17) is 0 Å². The minimum absolute atomic E-state index is 0.0152. The van der Waals surface area contributed by atoms with Gasteiger partial charge in [-0.05, 0) is 30.5 Å². The molecule has 2 aromatic rings. The van der Waals surface area contributed by atoms with Gasteiger partial charge < -0.3 is 20.0 Å². The van der Waals surface area contributed by atoms with Gasteiger partial charge in [0.25, 0.3) is 0 Å². The molecule has 0 saturated carbocycles. The largest absolute Gasteiger partial charge is 0.366 e. The number of pyridine rings is 1. The number of para-hydroxylation sites is 1. The van der Waals surface area contributed by atoms with E-state index in [9.17, 15) is 4.79 Å². The van der Waals surface area contributed by atoms with E-state index in [1.54, 1.807) is 6.20 Å². The van der Waals surface area contributed by atoms with Crippen LogP contribution in [0, 0.1) is 0 Å². The second kappa shape index (κ2) is 7.47. The van der Waals surface area contributed by atoms with Crippen LogP contribution in [0.25, 0.3) is 0 Å². The predicted molar refractivity (Wildman–Crippen MR) is 108 cm³/mol. The summed E-state index contributed by atoms with van der Waals surface area (Å²) >= 11 is 0. The highest BCUT2D eigenvalue weighted by Gasteiger charge is 2.33. The molecule has 142 valence electrons. The van der Waals surface area contributed by atoms with E-state index < -0.39 is 0 Å². The molecular weight excluding hydrogens is 338 g/mol. The molecule has 0 bridgehead atoms. The maximum absolute atomic E-state index is 12.8. The van der Waals surface area contributed by atoms with Crippen LogP contribution in [-0.4, -0.2) is 55.7 Å². The van der Waals surface area contributed by atoms with Crippen molar-refractivity contribution in [3.8, 4) is 0 Å². The summed E-state index contributed by atoms with van der Waals surface area (Å²) in [4.78, 5) is 23.7. The van der Waals surface area contributed by atoms with Gasteiger partial charge in [0.2, 0.25) is 0 Å². The van der Waals surface area contributed by atoms with Gasteiger partial charge in [0.15, 0.2) is 0 Å². The third-order valence-corrected chi connectivity index (χ3v) is 5.46. The van der Waals surface area contributed by atoms with Crippen LogP contribution in [0.5, 0.6) is 0 Å². The number of aromatic nitrogens is 1. The molecule has 6 heteroatoms. The van der Waals surface area contributed by atoms with Gasteiger partial charge in [0.1, 0.15) is 5.82 Å². The number of hydrogen-bond acceptors (Lipinski definition) is 4. The predicted octanol–water partition coefficient (Wildman–Crippen LogP) is 2.49. The van der Waals surface area contributed by atoms with Crippen LogP contribution in [0.15, 0.2) is 42.6 Å². The molecule has 3 heterocycles. The van der Waals surface area contributed by atoms with E-state index in [2.05, 4.69) is 39.5 Å². The molecule has 27 heavy (non-hydrogen) atoms. The van der Waals surface area contributed by atoms with Crippen LogP contribution >= 0.6 is 0 Å². The van der Waals surface area contributed by atoms with E-state index in [1.807, 2.05) is 36.0 Å². The van der Waals surface area contributed by atoms with Gasteiger partial charge in [-0.3, -0.25) is 0 Å². The third-order valence-electron chi connectivity index (χ3n) is 5.46. The van der Waals surface area contributed by atoms with Crippen LogP contribution < -0.4 is 15.1 Å². The summed E-state index contributed by atoms with van der Waals surface area (Å²) < 4.78 is 0. The monoisotopic (exact) mass is 365 g/mol. The maximum atomic E-state index is 12.8. The third kappa shape index (κ3) is 3.56. The number of anilines is 2. The first kappa shape index (κ1) is 17.6. The molecule has 1 aromatic heterocycles. The van der Waals surface area contributed by atoms with E-state index in [-0.39, 0.29) is 6.03 Å². The Hall–Kier alpha value is -2.76. The Balaban J connectivity index is 1.41. The van der Waals surface area contributed by atoms with Gasteiger partial charge in [-0.1, -0.05) is 24.3 Å². The molecule has 0 spiro atoms. The summed E-state index contributed by atoms with van der Waals surface area (Å²) in [6, 6.07) is 12.9. The second-order valence-corrected chi connectivity index (χ2v) is 7.52. The Kier molecular flexibility index (Phi) is 4.88. The van der Waals surface area contributed by atoms with Gasteiger partial charge in [-0.25, -0.2) is 9.78 Å². The average molecular weight is 365 g/mol. The van der Waals surface area contributed by atoms with E-state index in [1.165, 1.54) is 11.3 Å². The van der Waals surface area contributed by atoms with Crippen molar-refractivity contribution in [1.29, 1.82) is 0 Å². The highest BCUT2D eigenvalue weighted by molar-refractivity contribution is 5.75. The fourth-order valence-electron chi connectivity index (χ4n) is 4.21. The number of benzene rings is 1. The van der Waals surface area contributed by atoms with Crippen molar-refractivity contribution in [2.24, 2.45) is 0 Å². The first-order valence-corrected chi connectivity index (χ1v) is 9.62. The summed E-state index contributed by atoms with van der Waals surface area (Å²) in [7, 11) is 3.93. The van der Waals surface area contributed by atoms with Crippen LogP contribution in [0.1, 0.15) is 17.5 Å². The van der Waals surface area contributed by atoms with Crippen molar-refractivity contribution >= 4 is 17.5 Å². The summed E-state index contributed by atoms with van der Waals surface area (Å²) in [5, 5.41) is 3.09. The Labute approximate surface area is 160 Å². The molecule has 1 N–H and O–H groups in total. The topological polar surface area (TPSA) is 51.7 Å². The number of amides is 2. The molecule has 0 aliphatic carbocycles. The normalized spacial score (nSPS) is 18.5. The Bertz CT molecular complexity index is 822. The highest BCUT2D eigenvalue weighted by atomic mass is 16.2. The maximum Gasteiger partial charge on any atom is 0.317 e. The number of carbonyl (C=O) groups excluding carboxylic acids is 1. The zero-order valence-corrected chi connectivity index (χ0v) is 16.1. The van der Waals surface area contributed by atoms with Crippen LogP contribution in [0.3, 0.4) is 0 Å². The van der Waals surface area contributed by atoms with Crippen molar-refractivity contribution in [2.45, 2.75) is 25.4 Å². The zero-order valence-electron chi connectivity index (χ0n) is 16.1. The van der Waals surface area contributed by atoms with Crippen molar-refractivity contribution < 1.29 is 4.79 Å². The number of nitrogens with zero attached hydrogens (tertiary/aromatic N) is 4. The molecule has 1 atom stereocenters. The molecule has 0 radical (unpaired) electrons. The van der Waals surface area contributed by atoms with Gasteiger partial charge >= 0.3 is 6.03 Å². The molecule has 1 aromatic carbocycles. The van der Waals surface area contributed by atoms with Crippen molar-refractivity contribution in [2.75, 3.05) is 43.5 Å². The lowest BCUT2D eigenvalue weighted by molar-refractivity contribution is 0.197. The average Bonchev–Trinajstić information content (AvgIpc) is 2.88. The summed E-state index contributed by atoms with van der Waals surface area (Å²) in [5.41, 5.74) is 3.77. The lowest BCUT2D eigenvalue weighted by atomic mass is 10.1. The fourth-order valence-corrected chi connectivity index (χ4v) is 4.21. The van der Waals surface area contributed by atoms with E-state index in [0.29, 0.717) is 12.6 Å². The molecule has 2 amide bonds. The van der Waals surface area contributed by atoms with Crippen molar-refractivity contribution in [1.82, 2.24) is 15.2 Å². The van der Waals surface area contributed by atoms with E-state index >= 15 is 0 Å². The number of hydrogen-bond donors (Lipinski definition) is 1. The van der Waals surface area contributed by atoms with E-state index in [0.717, 1.165) is 43.9 Å². The number of nitrogens with one attached hydrogen (secondary N) is 1. The zero-order chi connectivity index (χ0) is 18.8. The highest BCUT2D eigenvalue weighted by Crippen LogP contribution is 2.33. The van der Waals surface area contributed by atoms with Gasteiger partial charge in [-0.15, -0.1) is 0 Å². The quantitative estimate of drug-likeness (QED) is 0.908. The minimum Gasteiger partial charge on any atom is -0.366 e. The SMILES string of the molecule is CN(C)c1ncccc1CNC(=O)N1CCCN2c3ccccc3CC2C1. The molecule has 1 unspecified atom stereocenters. The van der Waals surface area contributed by atoms with Crippen LogP contribution in [-0.2, 0) is 13.0 Å². The fraction of sp³-hybridized carbons (Fsp3) is 0.429. The smallest absolute Gasteiger partial charge is 0.317 e. The summed E-state index contributed by atoms with van der Waals surface area (Å²) in [6.07, 6.45) is 3.79. The van der Waals surface area contributed by atoms with Gasteiger partial charge in [0.05, 0.1) is 6.04 Å². The molecular formula is C21H27N5O. The van der Waals surface area contributed by atoms with Crippen LogP contribution in [0.4, 0.5) is 16.3 Å². The molecule has 6 nitrogen and oxygen atoms in total. The molecule has 2 aliphatic heterocycles. The molecule has 2 aliphatic rings.